The summed E-state index contributed by atoms with van der Waals surface area (Å²) in [7, 11) is 0. The molecular formula is C122H70N2O. The molecule has 0 N–H and O–H groups in total. The van der Waals surface area contributed by atoms with Gasteiger partial charge in [-0.1, -0.05) is 376 Å². The molecule has 0 saturated heterocycles. The number of nitrogens with zero attached hydrogens (tertiary/aromatic N) is 2. The quantitative estimate of drug-likeness (QED) is 0.152. The van der Waals surface area contributed by atoms with Crippen molar-refractivity contribution in [1.82, 2.24) is 9.13 Å². The van der Waals surface area contributed by atoms with Crippen LogP contribution in [0.3, 0.4) is 0 Å². The van der Waals surface area contributed by atoms with Crippen molar-refractivity contribution in [1.29, 1.82) is 0 Å². The highest BCUT2D eigenvalue weighted by Crippen LogP contribution is 2.51. The highest BCUT2D eigenvalue weighted by molar-refractivity contribution is 6.34. The number of rotatable bonds is 6. The molecule has 125 heavy (non-hydrogen) atoms. The van der Waals surface area contributed by atoms with Crippen LogP contribution in [0.2, 0.25) is 0 Å². The van der Waals surface area contributed by atoms with Crippen LogP contribution in [-0.4, -0.2) is 9.13 Å². The fourth-order valence-corrected chi connectivity index (χ4v) is 22.6. The van der Waals surface area contributed by atoms with E-state index in [0.717, 1.165) is 16.7 Å². The molecule has 0 aliphatic carbocycles. The number of fused-ring (bicyclic) bond motifs is 9. The summed E-state index contributed by atoms with van der Waals surface area (Å²) >= 11 is 0. The number of aromatic nitrogens is 2. The molecule has 0 amide bonds. The zero-order chi connectivity index (χ0) is 81.4. The Kier molecular flexibility index (Phi) is 14.2. The summed E-state index contributed by atoms with van der Waals surface area (Å²) in [6.07, 6.45) is 0. The Morgan fingerprint density at radius 3 is 0.832 bits per heavy atom. The maximum Gasteiger partial charge on any atom is 0.143 e. The lowest BCUT2D eigenvalue weighted by molar-refractivity contribution is 0.670. The molecule has 27 aromatic carbocycles. The summed E-state index contributed by atoms with van der Waals surface area (Å²) in [6, 6.07) is 157. The summed E-state index contributed by atoms with van der Waals surface area (Å²) in [5.74, 6) is 0. The van der Waals surface area contributed by atoms with Crippen LogP contribution in [0, 0.1) is 0 Å². The number of furan rings is 1. The minimum atomic E-state index is 0.938. The van der Waals surface area contributed by atoms with Gasteiger partial charge in [-0.2, -0.15) is 0 Å². The van der Waals surface area contributed by atoms with E-state index in [0.29, 0.717) is 0 Å². The molecule has 0 atom stereocenters. The third-order valence-electron chi connectivity index (χ3n) is 28.0. The molecule has 0 saturated carbocycles. The molecule has 0 spiro atoms. The van der Waals surface area contributed by atoms with E-state index in [2.05, 4.69) is 422 Å². The first-order valence-corrected chi connectivity index (χ1v) is 43.4. The van der Waals surface area contributed by atoms with E-state index in [1.807, 2.05) is 12.1 Å². The van der Waals surface area contributed by atoms with E-state index in [4.69, 9.17) is 4.42 Å². The standard InChI is InChI=1S/C50H29N.C44H25N.C28H16O/c1-3-13-45-40(11-1)41-12-2-4-14-46(41)51(45)36-10-6-9-35(29-36)37-23-17-33-22-28-44-39(25-19-34-21-26-42(37)49(33)50(34)44)38-24-18-32-16-15-30-7-5-8-31-20-27-43(38)48(32)47(30)31;1-3-10-38-33(8-1)34-9-2-4-11-39(34)45(38)40-25-19-30-17-23-36-32(21-15-29-18-24-37(40)44(30)43(29)36)31-20-14-28-13-12-26-6-5-7-27-16-22-35(31)42(28)41(26)27;1-2-10-25-21(7-1)24-9-4-8-23(28(24)29-25)20-15-13-19-12-11-17-5-3-6-18-14-16-22(20)27(19)26(17)18/h1-29H;1-25H;1-16H. The summed E-state index contributed by atoms with van der Waals surface area (Å²) in [6.45, 7) is 0. The summed E-state index contributed by atoms with van der Waals surface area (Å²) in [4.78, 5) is 0. The lowest BCUT2D eigenvalue weighted by Crippen LogP contribution is -1.97. The van der Waals surface area contributed by atoms with Gasteiger partial charge in [0, 0.05) is 49.0 Å². The van der Waals surface area contributed by atoms with Gasteiger partial charge in [-0.05, 0) is 244 Å². The molecule has 0 aliphatic rings. The van der Waals surface area contributed by atoms with Gasteiger partial charge < -0.3 is 13.6 Å². The Balaban J connectivity index is 0.0000000991. The fraction of sp³-hybridized carbons (Fsp3) is 0. The van der Waals surface area contributed by atoms with Gasteiger partial charge in [0.25, 0.3) is 0 Å². The highest BCUT2D eigenvalue weighted by Gasteiger charge is 2.25. The molecule has 0 unspecified atom stereocenters. The van der Waals surface area contributed by atoms with E-state index in [-0.39, 0.29) is 0 Å². The lowest BCUT2D eigenvalue weighted by atomic mass is 9.85. The Morgan fingerprint density at radius 1 is 0.152 bits per heavy atom. The van der Waals surface area contributed by atoms with Crippen LogP contribution in [0.4, 0.5) is 0 Å². The molecule has 3 heteroatoms. The maximum atomic E-state index is 6.33. The first kappa shape index (κ1) is 68.3. The topological polar surface area (TPSA) is 23.0 Å². The average Bonchev–Trinajstić information content (AvgIpc) is 1.70. The third-order valence-corrected chi connectivity index (χ3v) is 28.0. The smallest absolute Gasteiger partial charge is 0.143 e. The molecule has 0 fully saturated rings. The van der Waals surface area contributed by atoms with Crippen LogP contribution in [0.25, 0.3) is 283 Å². The van der Waals surface area contributed by atoms with Crippen molar-refractivity contribution in [3.05, 3.63) is 425 Å². The van der Waals surface area contributed by atoms with Gasteiger partial charge in [-0.15, -0.1) is 0 Å². The molecular weight excluding hydrogens is 1510 g/mol. The van der Waals surface area contributed by atoms with Gasteiger partial charge in [-0.3, -0.25) is 0 Å². The number of hydrogen-bond acceptors (Lipinski definition) is 1. The Labute approximate surface area is 716 Å². The van der Waals surface area contributed by atoms with Crippen LogP contribution >= 0.6 is 0 Å². The SMILES string of the molecule is c1cc(-c2ccc3ccc4c(-c5ccc6ccc7cccc8ccc5c6c78)ccc5ccc2c3c54)cc(-n2c3ccccc3c3ccccc32)c1.c1cc2ccc3ccc(-c4ccc5ccc6c(-n7c8ccccc8c8ccccc87)ccc7ccc4c5c76)c4ccc(c1)c2c34.c1cc2ccc3ccc(-c4cccc5c4oc4ccccc45)c4ccc(c1)c2c34. The van der Waals surface area contributed by atoms with Crippen molar-refractivity contribution in [3.63, 3.8) is 0 Å². The van der Waals surface area contributed by atoms with Crippen LogP contribution in [0.15, 0.2) is 429 Å². The average molecular weight is 1580 g/mol. The number of para-hydroxylation sites is 6. The fourth-order valence-electron chi connectivity index (χ4n) is 22.6. The lowest BCUT2D eigenvalue weighted by Gasteiger charge is -2.19. The molecule has 0 aliphatic heterocycles. The summed E-state index contributed by atoms with van der Waals surface area (Å²) in [5, 5.41) is 46.8. The Hall–Kier alpha value is -16.5. The van der Waals surface area contributed by atoms with E-state index < -0.39 is 0 Å². The molecule has 30 rings (SSSR count). The van der Waals surface area contributed by atoms with Gasteiger partial charge >= 0.3 is 0 Å². The van der Waals surface area contributed by atoms with Gasteiger partial charge in [0.15, 0.2) is 0 Å². The summed E-state index contributed by atoms with van der Waals surface area (Å²) in [5.41, 5.74) is 19.2. The van der Waals surface area contributed by atoms with Crippen molar-refractivity contribution in [2.75, 3.05) is 0 Å². The van der Waals surface area contributed by atoms with Gasteiger partial charge in [0.2, 0.25) is 0 Å². The van der Waals surface area contributed by atoms with Crippen molar-refractivity contribution in [2.45, 2.75) is 0 Å². The predicted octanol–water partition coefficient (Wildman–Crippen LogP) is 34.3. The molecule has 3 nitrogen and oxygen atoms in total. The zero-order valence-electron chi connectivity index (χ0n) is 67.7. The van der Waals surface area contributed by atoms with Crippen molar-refractivity contribution < 1.29 is 4.42 Å². The maximum absolute atomic E-state index is 6.33. The number of benzene rings is 27. The van der Waals surface area contributed by atoms with Crippen LogP contribution in [0.1, 0.15) is 0 Å². The minimum absolute atomic E-state index is 0.938. The second-order valence-corrected chi connectivity index (χ2v) is 34.2. The molecule has 0 bridgehead atoms. The molecule has 30 aromatic rings. The summed E-state index contributed by atoms with van der Waals surface area (Å²) < 4.78 is 11.2. The van der Waals surface area contributed by atoms with E-state index in [9.17, 15) is 0 Å². The number of hydrogen-bond donors (Lipinski definition) is 0. The Morgan fingerprint density at radius 2 is 0.424 bits per heavy atom. The second kappa shape index (κ2) is 26.0. The van der Waals surface area contributed by atoms with Gasteiger partial charge in [-0.25, -0.2) is 0 Å². The largest absolute Gasteiger partial charge is 0.455 e. The highest BCUT2D eigenvalue weighted by atomic mass is 16.3. The molecule has 3 aromatic heterocycles. The first-order valence-electron chi connectivity index (χ1n) is 43.4. The van der Waals surface area contributed by atoms with Crippen molar-refractivity contribution in [3.8, 4) is 55.9 Å². The zero-order valence-corrected chi connectivity index (χ0v) is 67.7. The molecule has 574 valence electrons. The molecule has 3 heterocycles. The van der Waals surface area contributed by atoms with Crippen molar-refractivity contribution in [2.24, 2.45) is 0 Å². The van der Waals surface area contributed by atoms with Gasteiger partial charge in [0.1, 0.15) is 11.2 Å². The molecule has 0 radical (unpaired) electrons. The second-order valence-electron chi connectivity index (χ2n) is 34.2. The van der Waals surface area contributed by atoms with E-state index in [1.54, 1.807) is 0 Å². The third kappa shape index (κ3) is 9.80. The predicted molar refractivity (Wildman–Crippen MR) is 536 cm³/mol. The minimum Gasteiger partial charge on any atom is -0.455 e. The monoisotopic (exact) mass is 1580 g/mol. The van der Waals surface area contributed by atoms with Crippen LogP contribution < -0.4 is 0 Å². The van der Waals surface area contributed by atoms with Crippen molar-refractivity contribution >= 4 is 227 Å². The first-order chi connectivity index (χ1) is 62.0. The van der Waals surface area contributed by atoms with E-state index >= 15 is 0 Å². The Bertz CT molecular complexity index is 9620. The normalized spacial score (nSPS) is 12.3. The van der Waals surface area contributed by atoms with E-state index in [1.165, 1.54) is 266 Å². The van der Waals surface area contributed by atoms with Crippen LogP contribution in [0.5, 0.6) is 0 Å². The van der Waals surface area contributed by atoms with Crippen LogP contribution in [-0.2, 0) is 0 Å². The van der Waals surface area contributed by atoms with Gasteiger partial charge in [0.05, 0.1) is 27.8 Å².